The zero-order valence-corrected chi connectivity index (χ0v) is 11.1. The van der Waals surface area contributed by atoms with E-state index >= 15 is 0 Å². The maximum Gasteiger partial charge on any atom is 0.288 e. The summed E-state index contributed by atoms with van der Waals surface area (Å²) in [6, 6.07) is 5.55. The van der Waals surface area contributed by atoms with Crippen molar-refractivity contribution in [1.82, 2.24) is 5.32 Å². The fourth-order valence-electron chi connectivity index (χ4n) is 2.24. The van der Waals surface area contributed by atoms with Gasteiger partial charge in [0, 0.05) is 18.7 Å². The van der Waals surface area contributed by atoms with Crippen LogP contribution in [-0.4, -0.2) is 11.0 Å². The molecule has 0 saturated heterocycles. The lowest BCUT2D eigenvalue weighted by atomic mass is 10.2. The molecule has 0 spiro atoms. The van der Waals surface area contributed by atoms with E-state index in [-0.39, 0.29) is 10.7 Å². The first kappa shape index (κ1) is 13.3. The van der Waals surface area contributed by atoms with Gasteiger partial charge in [-0.05, 0) is 30.4 Å². The van der Waals surface area contributed by atoms with Gasteiger partial charge in [-0.2, -0.15) is 0 Å². The fourth-order valence-corrected chi connectivity index (χ4v) is 2.43. The quantitative estimate of drug-likeness (QED) is 0.634. The van der Waals surface area contributed by atoms with Crippen LogP contribution in [0.1, 0.15) is 31.7 Å². The predicted octanol–water partition coefficient (Wildman–Crippen LogP) is 3.53. The summed E-state index contributed by atoms with van der Waals surface area (Å²) in [6.07, 6.45) is 3.71. The number of nitrogens with one attached hydrogen (secondary N) is 1. The van der Waals surface area contributed by atoms with Gasteiger partial charge in [0.25, 0.3) is 5.69 Å². The van der Waals surface area contributed by atoms with Crippen molar-refractivity contribution in [2.24, 2.45) is 5.92 Å². The Balaban J connectivity index is 1.90. The molecule has 1 saturated carbocycles. The van der Waals surface area contributed by atoms with Crippen LogP contribution >= 0.6 is 11.6 Å². The number of nitrogens with zero attached hydrogens (tertiary/aromatic N) is 1. The Bertz CT molecular complexity index is 451. The van der Waals surface area contributed by atoms with Crippen LogP contribution in [0.4, 0.5) is 5.69 Å². The van der Waals surface area contributed by atoms with Gasteiger partial charge in [0.1, 0.15) is 5.02 Å². The predicted molar refractivity (Wildman–Crippen MR) is 71.7 cm³/mol. The van der Waals surface area contributed by atoms with E-state index in [9.17, 15) is 10.1 Å². The van der Waals surface area contributed by atoms with Gasteiger partial charge in [-0.25, -0.2) is 0 Å². The topological polar surface area (TPSA) is 55.2 Å². The molecule has 1 fully saturated rings. The van der Waals surface area contributed by atoms with E-state index < -0.39 is 4.92 Å². The molecule has 5 heteroatoms. The molecule has 0 bridgehead atoms. The summed E-state index contributed by atoms with van der Waals surface area (Å²) in [5.41, 5.74) is 0.894. The van der Waals surface area contributed by atoms with E-state index in [4.69, 9.17) is 11.6 Å². The van der Waals surface area contributed by atoms with Crippen LogP contribution in [0.2, 0.25) is 5.02 Å². The van der Waals surface area contributed by atoms with Gasteiger partial charge in [-0.3, -0.25) is 10.1 Å². The molecule has 18 heavy (non-hydrogen) atoms. The molecule has 1 aliphatic carbocycles. The van der Waals surface area contributed by atoms with Crippen LogP contribution in [0.3, 0.4) is 0 Å². The van der Waals surface area contributed by atoms with E-state index in [0.717, 1.165) is 11.5 Å². The summed E-state index contributed by atoms with van der Waals surface area (Å²) in [4.78, 5) is 10.3. The second kappa shape index (κ2) is 5.67. The first-order valence-electron chi connectivity index (χ1n) is 6.28. The molecule has 1 aliphatic rings. The maximum atomic E-state index is 10.8. The smallest absolute Gasteiger partial charge is 0.288 e. The molecule has 0 aliphatic heterocycles. The first-order chi connectivity index (χ1) is 8.61. The highest BCUT2D eigenvalue weighted by molar-refractivity contribution is 6.32. The van der Waals surface area contributed by atoms with E-state index in [0.29, 0.717) is 12.6 Å². The van der Waals surface area contributed by atoms with Crippen molar-refractivity contribution in [1.29, 1.82) is 0 Å². The minimum atomic E-state index is -0.442. The largest absolute Gasteiger partial charge is 0.310 e. The summed E-state index contributed by atoms with van der Waals surface area (Å²) >= 11 is 5.77. The summed E-state index contributed by atoms with van der Waals surface area (Å²) in [5.74, 6) is 0.789. The highest BCUT2D eigenvalue weighted by Crippen LogP contribution is 2.35. The number of nitro groups is 1. The molecule has 2 unspecified atom stereocenters. The molecule has 98 valence electrons. The van der Waals surface area contributed by atoms with E-state index in [1.807, 2.05) is 6.07 Å². The zero-order chi connectivity index (χ0) is 13.1. The minimum absolute atomic E-state index is 0.0168. The number of benzene rings is 1. The van der Waals surface area contributed by atoms with Gasteiger partial charge in [0.05, 0.1) is 4.92 Å². The van der Waals surface area contributed by atoms with Crippen molar-refractivity contribution < 1.29 is 4.92 Å². The SMILES string of the molecule is CCCC1CC1NCc1ccc(Cl)c([N+](=O)[O-])c1. The lowest BCUT2D eigenvalue weighted by Crippen LogP contribution is -2.17. The number of rotatable bonds is 6. The molecule has 0 amide bonds. The molecular formula is C13H17ClN2O2. The Morgan fingerprint density at radius 1 is 1.56 bits per heavy atom. The average Bonchev–Trinajstić information content (AvgIpc) is 3.07. The van der Waals surface area contributed by atoms with Gasteiger partial charge in [0.2, 0.25) is 0 Å². The van der Waals surface area contributed by atoms with Gasteiger partial charge >= 0.3 is 0 Å². The standard InChI is InChI=1S/C13H17ClN2O2/c1-2-3-10-7-12(10)15-8-9-4-5-11(14)13(6-9)16(17)18/h4-6,10,12,15H,2-3,7-8H2,1H3. The Hall–Kier alpha value is -1.13. The lowest BCUT2D eigenvalue weighted by Gasteiger charge is -2.05. The van der Waals surface area contributed by atoms with E-state index in [2.05, 4.69) is 12.2 Å². The van der Waals surface area contributed by atoms with Crippen molar-refractivity contribution in [2.45, 2.75) is 38.8 Å². The third-order valence-electron chi connectivity index (χ3n) is 3.36. The number of nitro benzene ring substituents is 1. The minimum Gasteiger partial charge on any atom is -0.310 e. The van der Waals surface area contributed by atoms with Crippen LogP contribution in [0, 0.1) is 16.0 Å². The van der Waals surface area contributed by atoms with Gasteiger partial charge in [0.15, 0.2) is 0 Å². The second-order valence-corrected chi connectivity index (χ2v) is 5.22. The Morgan fingerprint density at radius 2 is 2.33 bits per heavy atom. The molecule has 1 aromatic carbocycles. The Morgan fingerprint density at radius 3 is 3.00 bits per heavy atom. The van der Waals surface area contributed by atoms with Crippen LogP contribution < -0.4 is 5.32 Å². The zero-order valence-electron chi connectivity index (χ0n) is 10.4. The van der Waals surface area contributed by atoms with Crippen molar-refractivity contribution in [3.05, 3.63) is 38.9 Å². The monoisotopic (exact) mass is 268 g/mol. The Labute approximate surface area is 111 Å². The molecule has 0 radical (unpaired) electrons. The molecule has 0 heterocycles. The molecule has 2 rings (SSSR count). The number of hydrogen-bond acceptors (Lipinski definition) is 3. The van der Waals surface area contributed by atoms with Crippen molar-refractivity contribution in [3.63, 3.8) is 0 Å². The molecule has 1 aromatic rings. The second-order valence-electron chi connectivity index (χ2n) is 4.81. The average molecular weight is 269 g/mol. The molecule has 2 atom stereocenters. The van der Waals surface area contributed by atoms with Gasteiger partial charge in [-0.1, -0.05) is 31.0 Å². The summed E-state index contributed by atoms with van der Waals surface area (Å²) in [5, 5.41) is 14.4. The highest BCUT2D eigenvalue weighted by atomic mass is 35.5. The Kier molecular flexibility index (Phi) is 4.19. The van der Waals surface area contributed by atoms with Crippen LogP contribution in [-0.2, 0) is 6.54 Å². The van der Waals surface area contributed by atoms with E-state index in [1.165, 1.54) is 19.3 Å². The molecule has 0 aromatic heterocycles. The van der Waals surface area contributed by atoms with Gasteiger partial charge < -0.3 is 5.32 Å². The summed E-state index contributed by atoms with van der Waals surface area (Å²) in [7, 11) is 0. The van der Waals surface area contributed by atoms with E-state index in [1.54, 1.807) is 12.1 Å². The molecular weight excluding hydrogens is 252 g/mol. The molecule has 1 N–H and O–H groups in total. The fraction of sp³-hybridized carbons (Fsp3) is 0.538. The first-order valence-corrected chi connectivity index (χ1v) is 6.65. The maximum absolute atomic E-state index is 10.8. The van der Waals surface area contributed by atoms with Crippen LogP contribution in [0.25, 0.3) is 0 Å². The number of hydrogen-bond donors (Lipinski definition) is 1. The third-order valence-corrected chi connectivity index (χ3v) is 3.68. The van der Waals surface area contributed by atoms with Gasteiger partial charge in [-0.15, -0.1) is 0 Å². The van der Waals surface area contributed by atoms with Crippen LogP contribution in [0.15, 0.2) is 18.2 Å². The highest BCUT2D eigenvalue weighted by Gasteiger charge is 2.35. The number of halogens is 1. The van der Waals surface area contributed by atoms with Crippen molar-refractivity contribution in [3.8, 4) is 0 Å². The summed E-state index contributed by atoms with van der Waals surface area (Å²) in [6.45, 7) is 2.86. The van der Waals surface area contributed by atoms with Crippen molar-refractivity contribution in [2.75, 3.05) is 0 Å². The van der Waals surface area contributed by atoms with Crippen LogP contribution in [0.5, 0.6) is 0 Å². The lowest BCUT2D eigenvalue weighted by molar-refractivity contribution is -0.384. The third kappa shape index (κ3) is 3.21. The summed E-state index contributed by atoms with van der Waals surface area (Å²) < 4.78 is 0. The van der Waals surface area contributed by atoms with Crippen molar-refractivity contribution >= 4 is 17.3 Å². The molecule has 4 nitrogen and oxygen atoms in total. The normalized spacial score (nSPS) is 21.9.